The number of nitriles is 1. The highest BCUT2D eigenvalue weighted by Crippen LogP contribution is 2.14. The molecule has 3 N–H and O–H groups in total. The van der Waals surface area contributed by atoms with Gasteiger partial charge in [-0.2, -0.15) is 5.26 Å². The Labute approximate surface area is 156 Å². The van der Waals surface area contributed by atoms with Gasteiger partial charge in [-0.15, -0.1) is 0 Å². The molecule has 0 aliphatic heterocycles. The van der Waals surface area contributed by atoms with Gasteiger partial charge in [-0.3, -0.25) is 4.79 Å². The lowest BCUT2D eigenvalue weighted by molar-refractivity contribution is 0.0916. The molecule has 0 spiro atoms. The number of hydrogen-bond acceptors (Lipinski definition) is 5. The van der Waals surface area contributed by atoms with Crippen LogP contribution in [-0.4, -0.2) is 32.5 Å². The number of nitrogens with zero attached hydrogens (tertiary/aromatic N) is 1. The van der Waals surface area contributed by atoms with Crippen LogP contribution >= 0.6 is 0 Å². The average Bonchev–Trinajstić information content (AvgIpc) is 2.66. The minimum atomic E-state index is -3.75. The standard InChI is InChI=1S/C18H18FN3O4S/c19-15-4-1-3-14(11-15)17(23)12-21-18(24)13-5-7-16(8-6-13)27(25,26)22-10-2-9-20/h1,3-8,11,17,22-23H,2,10,12H2,(H,21,24). The second-order valence-electron chi connectivity index (χ2n) is 5.61. The summed E-state index contributed by atoms with van der Waals surface area (Å²) in [6, 6.07) is 12.5. The van der Waals surface area contributed by atoms with E-state index < -0.39 is 27.9 Å². The van der Waals surface area contributed by atoms with Gasteiger partial charge >= 0.3 is 0 Å². The van der Waals surface area contributed by atoms with Crippen LogP contribution < -0.4 is 10.0 Å². The van der Waals surface area contributed by atoms with E-state index in [1.807, 2.05) is 6.07 Å². The maximum absolute atomic E-state index is 13.2. The summed E-state index contributed by atoms with van der Waals surface area (Å²) >= 11 is 0. The topological polar surface area (TPSA) is 119 Å². The van der Waals surface area contributed by atoms with Gasteiger partial charge in [-0.25, -0.2) is 17.5 Å². The Hall–Kier alpha value is -2.80. The summed E-state index contributed by atoms with van der Waals surface area (Å²) < 4.78 is 39.4. The summed E-state index contributed by atoms with van der Waals surface area (Å²) in [7, 11) is -3.75. The molecule has 0 heterocycles. The molecular weight excluding hydrogens is 373 g/mol. The van der Waals surface area contributed by atoms with Crippen LogP contribution in [0.4, 0.5) is 4.39 Å². The molecule has 2 aromatic rings. The Morgan fingerprint density at radius 3 is 2.56 bits per heavy atom. The summed E-state index contributed by atoms with van der Waals surface area (Å²) in [6.45, 7) is -0.128. The number of carbonyl (C=O) groups is 1. The number of nitrogens with one attached hydrogen (secondary N) is 2. The number of amides is 1. The van der Waals surface area contributed by atoms with Crippen molar-refractivity contribution in [2.24, 2.45) is 0 Å². The molecule has 0 radical (unpaired) electrons. The quantitative estimate of drug-likeness (QED) is 0.589. The number of sulfonamides is 1. The molecule has 142 valence electrons. The van der Waals surface area contributed by atoms with Gasteiger partial charge in [0.2, 0.25) is 10.0 Å². The Morgan fingerprint density at radius 1 is 1.22 bits per heavy atom. The van der Waals surface area contributed by atoms with E-state index in [1.165, 1.54) is 42.5 Å². The first-order valence-corrected chi connectivity index (χ1v) is 9.50. The van der Waals surface area contributed by atoms with Gasteiger partial charge in [0.25, 0.3) is 5.91 Å². The number of halogens is 1. The molecule has 0 aliphatic rings. The Kier molecular flexibility index (Phi) is 7.01. The molecule has 1 unspecified atom stereocenters. The lowest BCUT2D eigenvalue weighted by Gasteiger charge is -2.12. The van der Waals surface area contributed by atoms with E-state index in [1.54, 1.807) is 6.07 Å². The monoisotopic (exact) mass is 391 g/mol. The van der Waals surface area contributed by atoms with Gasteiger partial charge < -0.3 is 10.4 Å². The van der Waals surface area contributed by atoms with E-state index in [0.717, 1.165) is 0 Å². The van der Waals surface area contributed by atoms with E-state index in [4.69, 9.17) is 5.26 Å². The number of aliphatic hydroxyl groups is 1. The lowest BCUT2D eigenvalue weighted by atomic mass is 10.1. The average molecular weight is 391 g/mol. The third-order valence-electron chi connectivity index (χ3n) is 3.65. The Bertz CT molecular complexity index is 940. The van der Waals surface area contributed by atoms with Crippen LogP contribution in [0.3, 0.4) is 0 Å². The normalized spacial score (nSPS) is 12.2. The molecule has 1 atom stereocenters. The molecular formula is C18H18FN3O4S. The molecule has 9 heteroatoms. The minimum Gasteiger partial charge on any atom is -0.387 e. The summed E-state index contributed by atoms with van der Waals surface area (Å²) in [5, 5.41) is 20.9. The van der Waals surface area contributed by atoms with Gasteiger partial charge in [-0.05, 0) is 42.0 Å². The molecule has 0 saturated carbocycles. The SMILES string of the molecule is N#CCCNS(=O)(=O)c1ccc(C(=O)NCC(O)c2cccc(F)c2)cc1. The van der Waals surface area contributed by atoms with Crippen LogP contribution in [-0.2, 0) is 10.0 Å². The van der Waals surface area contributed by atoms with E-state index in [9.17, 15) is 22.7 Å². The fourth-order valence-electron chi connectivity index (χ4n) is 2.23. The zero-order valence-electron chi connectivity index (χ0n) is 14.2. The Balaban J connectivity index is 1.96. The fraction of sp³-hybridized carbons (Fsp3) is 0.222. The van der Waals surface area contributed by atoms with Crippen molar-refractivity contribution in [1.82, 2.24) is 10.0 Å². The van der Waals surface area contributed by atoms with Crippen molar-refractivity contribution in [3.8, 4) is 6.07 Å². The third-order valence-corrected chi connectivity index (χ3v) is 5.12. The predicted molar refractivity (Wildman–Crippen MR) is 95.6 cm³/mol. The third kappa shape index (κ3) is 5.86. The summed E-state index contributed by atoms with van der Waals surface area (Å²) in [6.07, 6.45) is -1.03. The van der Waals surface area contributed by atoms with Crippen LogP contribution in [0.25, 0.3) is 0 Å². The predicted octanol–water partition coefficient (Wildman–Crippen LogP) is 1.48. The smallest absolute Gasteiger partial charge is 0.251 e. The van der Waals surface area contributed by atoms with E-state index >= 15 is 0 Å². The molecule has 0 saturated heterocycles. The maximum atomic E-state index is 13.2. The molecule has 27 heavy (non-hydrogen) atoms. The minimum absolute atomic E-state index is 0.000953. The molecule has 0 fully saturated rings. The van der Waals surface area contributed by atoms with E-state index in [0.29, 0.717) is 5.56 Å². The van der Waals surface area contributed by atoms with Crippen molar-refractivity contribution >= 4 is 15.9 Å². The molecule has 0 aromatic heterocycles. The van der Waals surface area contributed by atoms with Gasteiger partial charge in [0, 0.05) is 25.1 Å². The van der Waals surface area contributed by atoms with Gasteiger partial charge in [-0.1, -0.05) is 12.1 Å². The lowest BCUT2D eigenvalue weighted by Crippen LogP contribution is -2.28. The number of carbonyl (C=O) groups excluding carboxylic acids is 1. The fourth-order valence-corrected chi connectivity index (χ4v) is 3.27. The van der Waals surface area contributed by atoms with Crippen LogP contribution in [0.15, 0.2) is 53.4 Å². The van der Waals surface area contributed by atoms with Crippen molar-refractivity contribution in [3.63, 3.8) is 0 Å². The van der Waals surface area contributed by atoms with Crippen LogP contribution in [0.2, 0.25) is 0 Å². The first-order chi connectivity index (χ1) is 12.8. The highest BCUT2D eigenvalue weighted by molar-refractivity contribution is 7.89. The van der Waals surface area contributed by atoms with Gasteiger partial charge in [0.05, 0.1) is 17.1 Å². The second kappa shape index (κ2) is 9.23. The summed E-state index contributed by atoms with van der Waals surface area (Å²) in [5.74, 6) is -0.995. The number of hydrogen-bond donors (Lipinski definition) is 3. The van der Waals surface area contributed by atoms with Crippen molar-refractivity contribution in [3.05, 3.63) is 65.5 Å². The van der Waals surface area contributed by atoms with Crippen LogP contribution in [0, 0.1) is 17.1 Å². The first kappa shape index (κ1) is 20.5. The van der Waals surface area contributed by atoms with Crippen molar-refractivity contribution in [1.29, 1.82) is 5.26 Å². The van der Waals surface area contributed by atoms with Crippen molar-refractivity contribution in [2.45, 2.75) is 17.4 Å². The number of rotatable bonds is 8. The van der Waals surface area contributed by atoms with Crippen molar-refractivity contribution < 1.29 is 22.7 Å². The highest BCUT2D eigenvalue weighted by Gasteiger charge is 2.15. The number of benzene rings is 2. The molecule has 2 rings (SSSR count). The van der Waals surface area contributed by atoms with Crippen molar-refractivity contribution in [2.75, 3.05) is 13.1 Å². The summed E-state index contributed by atoms with van der Waals surface area (Å²) in [5.41, 5.74) is 0.539. The van der Waals surface area contributed by atoms with Gasteiger partial charge in [0.15, 0.2) is 0 Å². The van der Waals surface area contributed by atoms with Crippen LogP contribution in [0.1, 0.15) is 28.4 Å². The van der Waals surface area contributed by atoms with Gasteiger partial charge in [0.1, 0.15) is 5.82 Å². The maximum Gasteiger partial charge on any atom is 0.251 e. The molecule has 7 nitrogen and oxygen atoms in total. The molecule has 0 bridgehead atoms. The van der Waals surface area contributed by atoms with E-state index in [2.05, 4.69) is 10.0 Å². The second-order valence-corrected chi connectivity index (χ2v) is 7.38. The van der Waals surface area contributed by atoms with E-state index in [-0.39, 0.29) is 30.0 Å². The largest absolute Gasteiger partial charge is 0.387 e. The zero-order chi connectivity index (χ0) is 19.9. The first-order valence-electron chi connectivity index (χ1n) is 8.02. The zero-order valence-corrected chi connectivity index (χ0v) is 15.0. The van der Waals surface area contributed by atoms with Crippen LogP contribution in [0.5, 0.6) is 0 Å². The molecule has 1 amide bonds. The molecule has 0 aliphatic carbocycles. The summed E-state index contributed by atoms with van der Waals surface area (Å²) in [4.78, 5) is 12.1. The number of aliphatic hydroxyl groups excluding tert-OH is 1. The molecule has 2 aromatic carbocycles. The highest BCUT2D eigenvalue weighted by atomic mass is 32.2. The Morgan fingerprint density at radius 2 is 1.93 bits per heavy atom.